The number of rotatable bonds is 11. The highest BCUT2D eigenvalue weighted by atomic mass is 32.2. The first kappa shape index (κ1) is 32.6. The number of benzene rings is 2. The minimum atomic E-state index is -4.90. The molecule has 0 spiro atoms. The Morgan fingerprint density at radius 3 is 2.16 bits per heavy atom. The number of sulfonamides is 1. The zero-order valence-electron chi connectivity index (χ0n) is 24.1. The second-order valence-electron chi connectivity index (χ2n) is 10.7. The minimum absolute atomic E-state index is 0.0325. The first-order chi connectivity index (χ1) is 20.2. The number of ether oxygens (including phenoxy) is 4. The van der Waals surface area contributed by atoms with E-state index in [0.29, 0.717) is 25.9 Å². The second-order valence-corrected chi connectivity index (χ2v) is 12.6. The number of amides is 1. The van der Waals surface area contributed by atoms with Gasteiger partial charge in [0.2, 0.25) is 21.7 Å². The number of carbonyl (C=O) groups is 2. The third-order valence-corrected chi connectivity index (χ3v) is 9.05. The van der Waals surface area contributed by atoms with Gasteiger partial charge >= 0.3 is 12.3 Å². The lowest BCUT2D eigenvalue weighted by Crippen LogP contribution is -2.53. The van der Waals surface area contributed by atoms with Crippen LogP contribution in [0.1, 0.15) is 39.2 Å². The maximum absolute atomic E-state index is 13.7. The van der Waals surface area contributed by atoms with E-state index in [1.54, 1.807) is 13.8 Å². The van der Waals surface area contributed by atoms with Crippen molar-refractivity contribution in [2.75, 3.05) is 32.8 Å². The van der Waals surface area contributed by atoms with Crippen molar-refractivity contribution in [3.63, 3.8) is 0 Å². The summed E-state index contributed by atoms with van der Waals surface area (Å²) in [6.07, 6.45) is -4.42. The predicted octanol–water partition coefficient (Wildman–Crippen LogP) is 4.13. The molecule has 0 unspecified atom stereocenters. The Kier molecular flexibility index (Phi) is 9.92. The molecule has 2 atom stereocenters. The van der Waals surface area contributed by atoms with Gasteiger partial charge in [0.25, 0.3) is 0 Å². The van der Waals surface area contributed by atoms with E-state index in [1.807, 2.05) is 31.2 Å². The molecule has 0 saturated carbocycles. The number of halogens is 3. The average Bonchev–Trinajstić information content (AvgIpc) is 3.22. The molecular weight excluding hydrogens is 593 g/mol. The number of cyclic esters (lactones) is 1. The molecule has 0 aliphatic carbocycles. The maximum Gasteiger partial charge on any atom is 0.573 e. The SMILES string of the molecule is CCOc1ccc(CCC[C@@H](C(=O)N2CCN(S(=O)(=O)c3ccc(OC(F)(F)F)cc3)CC2)[C@@H]2OC(C)(C)OC2=O)cc1. The largest absolute Gasteiger partial charge is 0.573 e. The summed E-state index contributed by atoms with van der Waals surface area (Å²) < 4.78 is 85.2. The van der Waals surface area contributed by atoms with Gasteiger partial charge in [-0.1, -0.05) is 12.1 Å². The van der Waals surface area contributed by atoms with Gasteiger partial charge in [-0.25, -0.2) is 13.2 Å². The smallest absolute Gasteiger partial charge is 0.494 e. The molecule has 2 saturated heterocycles. The lowest BCUT2D eigenvalue weighted by molar-refractivity contribution is -0.274. The first-order valence-electron chi connectivity index (χ1n) is 14.0. The molecule has 10 nitrogen and oxygen atoms in total. The van der Waals surface area contributed by atoms with Crippen molar-refractivity contribution in [3.8, 4) is 11.5 Å². The fraction of sp³-hybridized carbons (Fsp3) is 0.517. The van der Waals surface area contributed by atoms with E-state index in [1.165, 1.54) is 9.21 Å². The Bertz CT molecular complexity index is 1370. The van der Waals surface area contributed by atoms with Gasteiger partial charge in [-0.15, -0.1) is 13.2 Å². The van der Waals surface area contributed by atoms with Crippen LogP contribution in [0.5, 0.6) is 11.5 Å². The number of piperazine rings is 1. The van der Waals surface area contributed by atoms with Gasteiger partial charge in [-0.2, -0.15) is 4.31 Å². The van der Waals surface area contributed by atoms with Crippen molar-refractivity contribution in [2.45, 2.75) is 63.2 Å². The molecule has 2 heterocycles. The summed E-state index contributed by atoms with van der Waals surface area (Å²) in [6.45, 7) is 5.72. The van der Waals surface area contributed by atoms with Gasteiger partial charge in [-0.05, 0) is 68.1 Å². The van der Waals surface area contributed by atoms with E-state index < -0.39 is 45.9 Å². The van der Waals surface area contributed by atoms with Gasteiger partial charge in [-0.3, -0.25) is 4.79 Å². The molecule has 2 aliphatic rings. The fourth-order valence-corrected chi connectivity index (χ4v) is 6.54. The summed E-state index contributed by atoms with van der Waals surface area (Å²) in [4.78, 5) is 27.7. The van der Waals surface area contributed by atoms with Crippen LogP contribution in [-0.4, -0.2) is 80.5 Å². The normalized spacial score (nSPS) is 20.0. The van der Waals surface area contributed by atoms with E-state index >= 15 is 0 Å². The quantitative estimate of drug-likeness (QED) is 0.342. The Balaban J connectivity index is 1.40. The predicted molar refractivity (Wildman–Crippen MR) is 148 cm³/mol. The summed E-state index contributed by atoms with van der Waals surface area (Å²) in [6, 6.07) is 11.6. The minimum Gasteiger partial charge on any atom is -0.494 e. The summed E-state index contributed by atoms with van der Waals surface area (Å²) >= 11 is 0. The Morgan fingerprint density at radius 2 is 1.63 bits per heavy atom. The molecule has 0 aromatic heterocycles. The molecule has 2 aliphatic heterocycles. The highest BCUT2D eigenvalue weighted by molar-refractivity contribution is 7.89. The maximum atomic E-state index is 13.7. The molecule has 2 aromatic carbocycles. The molecule has 4 rings (SSSR count). The first-order valence-corrected chi connectivity index (χ1v) is 15.4. The van der Waals surface area contributed by atoms with Gasteiger partial charge in [0.1, 0.15) is 11.5 Å². The van der Waals surface area contributed by atoms with E-state index in [-0.39, 0.29) is 37.0 Å². The standard InChI is InChI=1S/C29H35F3N2O8S/c1-4-39-21-10-8-20(9-11-21)6-5-7-24(25-27(36)42-28(2,3)41-25)26(35)33-16-18-34(19-17-33)43(37,38)23-14-12-22(13-15-23)40-29(30,31)32/h8-15,24-25H,4-7,16-19H2,1-3H3/t24-,25+/m1/s1. The Labute approximate surface area is 248 Å². The molecule has 43 heavy (non-hydrogen) atoms. The van der Waals surface area contributed by atoms with Crippen LogP contribution < -0.4 is 9.47 Å². The average molecular weight is 629 g/mol. The van der Waals surface area contributed by atoms with Crippen LogP contribution >= 0.6 is 0 Å². The van der Waals surface area contributed by atoms with E-state index in [4.69, 9.17) is 14.2 Å². The number of alkyl halides is 3. The molecule has 0 radical (unpaired) electrons. The number of nitrogens with zero attached hydrogens (tertiary/aromatic N) is 2. The van der Waals surface area contributed by atoms with E-state index in [0.717, 1.165) is 35.6 Å². The molecule has 236 valence electrons. The molecule has 0 bridgehead atoms. The second kappa shape index (κ2) is 13.1. The van der Waals surface area contributed by atoms with Crippen molar-refractivity contribution in [1.82, 2.24) is 9.21 Å². The van der Waals surface area contributed by atoms with Crippen LogP contribution in [0.4, 0.5) is 13.2 Å². The van der Waals surface area contributed by atoms with Crippen molar-refractivity contribution in [2.24, 2.45) is 5.92 Å². The number of hydrogen-bond donors (Lipinski definition) is 0. The van der Waals surface area contributed by atoms with Crippen molar-refractivity contribution >= 4 is 21.9 Å². The lowest BCUT2D eigenvalue weighted by Gasteiger charge is -2.36. The van der Waals surface area contributed by atoms with Gasteiger partial charge in [0.05, 0.1) is 17.4 Å². The zero-order chi connectivity index (χ0) is 31.4. The molecule has 0 N–H and O–H groups in total. The topological polar surface area (TPSA) is 112 Å². The third-order valence-electron chi connectivity index (χ3n) is 7.13. The summed E-state index contributed by atoms with van der Waals surface area (Å²) in [5.74, 6) is -2.74. The molecule has 2 fully saturated rings. The number of esters is 1. The zero-order valence-corrected chi connectivity index (χ0v) is 24.9. The monoisotopic (exact) mass is 628 g/mol. The van der Waals surface area contributed by atoms with Crippen LogP contribution in [0.25, 0.3) is 0 Å². The Hall–Kier alpha value is -3.36. The van der Waals surface area contributed by atoms with Gasteiger partial charge in [0.15, 0.2) is 6.10 Å². The molecule has 2 aromatic rings. The third kappa shape index (κ3) is 8.39. The van der Waals surface area contributed by atoms with Crippen LogP contribution in [0, 0.1) is 5.92 Å². The van der Waals surface area contributed by atoms with E-state index in [9.17, 15) is 31.2 Å². The van der Waals surface area contributed by atoms with Gasteiger partial charge in [0, 0.05) is 40.0 Å². The number of carbonyl (C=O) groups excluding carboxylic acids is 2. The highest BCUT2D eigenvalue weighted by Gasteiger charge is 2.48. The summed E-state index contributed by atoms with van der Waals surface area (Å²) in [7, 11) is -4.03. The summed E-state index contributed by atoms with van der Waals surface area (Å²) in [5, 5.41) is 0. The van der Waals surface area contributed by atoms with Crippen LogP contribution in [0.15, 0.2) is 53.4 Å². The molecule has 1 amide bonds. The fourth-order valence-electron chi connectivity index (χ4n) is 5.12. The van der Waals surface area contributed by atoms with Crippen molar-refractivity contribution in [3.05, 3.63) is 54.1 Å². The van der Waals surface area contributed by atoms with Crippen LogP contribution in [-0.2, 0) is 35.5 Å². The number of aryl methyl sites for hydroxylation is 1. The highest BCUT2D eigenvalue weighted by Crippen LogP contribution is 2.32. The van der Waals surface area contributed by atoms with Gasteiger partial charge < -0.3 is 23.8 Å². The van der Waals surface area contributed by atoms with Crippen LogP contribution in [0.2, 0.25) is 0 Å². The number of hydrogen-bond acceptors (Lipinski definition) is 8. The van der Waals surface area contributed by atoms with Crippen molar-refractivity contribution in [1.29, 1.82) is 0 Å². The Morgan fingerprint density at radius 1 is 1.02 bits per heavy atom. The van der Waals surface area contributed by atoms with Crippen molar-refractivity contribution < 1.29 is 50.1 Å². The van der Waals surface area contributed by atoms with Crippen LogP contribution in [0.3, 0.4) is 0 Å². The van der Waals surface area contributed by atoms with E-state index in [2.05, 4.69) is 4.74 Å². The molecule has 14 heteroatoms. The lowest BCUT2D eigenvalue weighted by atomic mass is 9.92. The molecular formula is C29H35F3N2O8S. The summed E-state index contributed by atoms with van der Waals surface area (Å²) in [5.41, 5.74) is 1.04.